The van der Waals surface area contributed by atoms with Crippen molar-refractivity contribution in [3.63, 3.8) is 0 Å². The minimum Gasteiger partial charge on any atom is -0.486 e. The predicted octanol–water partition coefficient (Wildman–Crippen LogP) is 3.58. The lowest BCUT2D eigenvalue weighted by atomic mass is 10.1. The molecule has 0 saturated heterocycles. The Labute approximate surface area is 142 Å². The lowest BCUT2D eigenvalue weighted by Gasteiger charge is -2.20. The highest BCUT2D eigenvalue weighted by atomic mass is 35.5. The minimum atomic E-state index is -0.621. The van der Waals surface area contributed by atoms with Crippen molar-refractivity contribution in [1.29, 1.82) is 0 Å². The summed E-state index contributed by atoms with van der Waals surface area (Å²) in [7, 11) is 0. The zero-order valence-electron chi connectivity index (χ0n) is 12.7. The number of anilines is 1. The first-order valence-corrected chi connectivity index (χ1v) is 7.49. The van der Waals surface area contributed by atoms with E-state index >= 15 is 0 Å². The number of nitro benzene ring substituents is 1. The summed E-state index contributed by atoms with van der Waals surface area (Å²) in [6, 6.07) is 7.63. The molecule has 0 radical (unpaired) electrons. The van der Waals surface area contributed by atoms with Crippen LogP contribution in [0.15, 0.2) is 30.3 Å². The average molecular weight is 349 g/mol. The molecular weight excluding hydrogens is 336 g/mol. The number of aryl methyl sites for hydroxylation is 1. The summed E-state index contributed by atoms with van der Waals surface area (Å²) in [5.74, 6) is 0.328. The molecule has 8 heteroatoms. The van der Waals surface area contributed by atoms with Crippen molar-refractivity contribution in [3.8, 4) is 11.5 Å². The molecule has 0 spiro atoms. The van der Waals surface area contributed by atoms with Crippen molar-refractivity contribution in [2.75, 3.05) is 18.5 Å². The van der Waals surface area contributed by atoms with Crippen LogP contribution in [0.5, 0.6) is 11.5 Å². The molecule has 0 atom stereocenters. The highest BCUT2D eigenvalue weighted by Crippen LogP contribution is 2.38. The molecule has 0 aromatic heterocycles. The Morgan fingerprint density at radius 2 is 1.92 bits per heavy atom. The zero-order valence-corrected chi connectivity index (χ0v) is 13.4. The van der Waals surface area contributed by atoms with Crippen molar-refractivity contribution >= 4 is 28.9 Å². The van der Waals surface area contributed by atoms with Crippen LogP contribution in [0.1, 0.15) is 15.9 Å². The molecule has 0 saturated carbocycles. The second-order valence-corrected chi connectivity index (χ2v) is 5.57. The molecule has 0 fully saturated rings. The van der Waals surface area contributed by atoms with Crippen molar-refractivity contribution in [3.05, 3.63) is 56.6 Å². The number of ether oxygens (including phenoxy) is 2. The van der Waals surface area contributed by atoms with E-state index in [2.05, 4.69) is 5.32 Å². The van der Waals surface area contributed by atoms with Gasteiger partial charge < -0.3 is 14.8 Å². The Bertz CT molecular complexity index is 837. The molecule has 24 heavy (non-hydrogen) atoms. The van der Waals surface area contributed by atoms with Crippen LogP contribution in [0, 0.1) is 17.0 Å². The first-order chi connectivity index (χ1) is 11.5. The Hall–Kier alpha value is -2.80. The van der Waals surface area contributed by atoms with Crippen molar-refractivity contribution in [1.82, 2.24) is 0 Å². The van der Waals surface area contributed by atoms with Crippen LogP contribution in [-0.2, 0) is 0 Å². The first-order valence-electron chi connectivity index (χ1n) is 7.12. The van der Waals surface area contributed by atoms with Gasteiger partial charge in [-0.3, -0.25) is 14.9 Å². The topological polar surface area (TPSA) is 90.7 Å². The summed E-state index contributed by atoms with van der Waals surface area (Å²) in [5, 5.41) is 14.1. The zero-order chi connectivity index (χ0) is 17.3. The van der Waals surface area contributed by atoms with E-state index in [1.54, 1.807) is 19.1 Å². The normalized spacial score (nSPS) is 12.6. The molecule has 0 bridgehead atoms. The van der Waals surface area contributed by atoms with Crippen molar-refractivity contribution in [2.24, 2.45) is 0 Å². The van der Waals surface area contributed by atoms with Gasteiger partial charge in [0.15, 0.2) is 11.5 Å². The van der Waals surface area contributed by atoms with E-state index in [1.807, 2.05) is 0 Å². The van der Waals surface area contributed by atoms with Gasteiger partial charge in [-0.05, 0) is 13.0 Å². The Balaban J connectivity index is 1.94. The maximum atomic E-state index is 12.5. The molecule has 1 aliphatic rings. The fourth-order valence-electron chi connectivity index (χ4n) is 2.43. The number of fused-ring (bicyclic) bond motifs is 1. The molecule has 1 N–H and O–H groups in total. The molecule has 2 aromatic rings. The molecular formula is C16H13ClN2O5. The number of amides is 1. The van der Waals surface area contributed by atoms with Crippen LogP contribution in [-0.4, -0.2) is 24.0 Å². The number of hydrogen-bond acceptors (Lipinski definition) is 5. The van der Waals surface area contributed by atoms with Gasteiger partial charge >= 0.3 is 0 Å². The number of nitro groups is 1. The highest BCUT2D eigenvalue weighted by Gasteiger charge is 2.24. The van der Waals surface area contributed by atoms with Crippen molar-refractivity contribution in [2.45, 2.75) is 6.92 Å². The van der Waals surface area contributed by atoms with E-state index in [-0.39, 0.29) is 16.3 Å². The lowest BCUT2D eigenvalue weighted by molar-refractivity contribution is -0.385. The third-order valence-electron chi connectivity index (χ3n) is 3.55. The molecule has 0 aliphatic carbocycles. The number of para-hydroxylation sites is 1. The van der Waals surface area contributed by atoms with Gasteiger partial charge in [0.2, 0.25) is 0 Å². The van der Waals surface area contributed by atoms with E-state index in [4.69, 9.17) is 21.1 Å². The van der Waals surface area contributed by atoms with Gasteiger partial charge in [0.25, 0.3) is 11.6 Å². The molecule has 3 rings (SSSR count). The number of nitrogens with zero attached hydrogens (tertiary/aromatic N) is 1. The Morgan fingerprint density at radius 3 is 2.58 bits per heavy atom. The number of halogens is 1. The maximum Gasteiger partial charge on any atom is 0.285 e. The average Bonchev–Trinajstić information content (AvgIpc) is 2.54. The van der Waals surface area contributed by atoms with Crippen molar-refractivity contribution < 1.29 is 19.2 Å². The molecule has 1 aliphatic heterocycles. The van der Waals surface area contributed by atoms with Gasteiger partial charge in [-0.2, -0.15) is 0 Å². The van der Waals surface area contributed by atoms with Crippen LogP contribution < -0.4 is 14.8 Å². The number of carbonyl (C=O) groups is 1. The molecule has 1 amide bonds. The van der Waals surface area contributed by atoms with Gasteiger partial charge in [-0.1, -0.05) is 23.7 Å². The van der Waals surface area contributed by atoms with E-state index < -0.39 is 10.8 Å². The second kappa shape index (κ2) is 6.37. The number of carbonyl (C=O) groups excluding carboxylic acids is 1. The van der Waals surface area contributed by atoms with Gasteiger partial charge in [0.05, 0.1) is 15.6 Å². The Kier molecular flexibility index (Phi) is 4.26. The molecule has 124 valence electrons. The smallest absolute Gasteiger partial charge is 0.285 e. The van der Waals surface area contributed by atoms with Crippen LogP contribution in [0.4, 0.5) is 11.4 Å². The van der Waals surface area contributed by atoms with Gasteiger partial charge in [0, 0.05) is 17.7 Å². The van der Waals surface area contributed by atoms with Crippen LogP contribution in [0.2, 0.25) is 5.02 Å². The fourth-order valence-corrected chi connectivity index (χ4v) is 2.63. The summed E-state index contributed by atoms with van der Waals surface area (Å²) < 4.78 is 10.8. The van der Waals surface area contributed by atoms with Crippen LogP contribution in [0.3, 0.4) is 0 Å². The number of rotatable bonds is 3. The third kappa shape index (κ3) is 2.98. The third-order valence-corrected chi connectivity index (χ3v) is 3.86. The SMILES string of the molecule is Cc1cccc(C(=O)Nc2cc3c(cc2Cl)OCCO3)c1[N+](=O)[O-]. The Morgan fingerprint density at radius 1 is 1.25 bits per heavy atom. The van der Waals surface area contributed by atoms with Crippen LogP contribution >= 0.6 is 11.6 Å². The van der Waals surface area contributed by atoms with E-state index in [0.717, 1.165) is 0 Å². The lowest BCUT2D eigenvalue weighted by Crippen LogP contribution is -2.17. The van der Waals surface area contributed by atoms with E-state index in [0.29, 0.717) is 36.0 Å². The van der Waals surface area contributed by atoms with E-state index in [1.165, 1.54) is 18.2 Å². The first kappa shape index (κ1) is 16.1. The second-order valence-electron chi connectivity index (χ2n) is 5.16. The molecule has 7 nitrogen and oxygen atoms in total. The van der Waals surface area contributed by atoms with Gasteiger partial charge in [0.1, 0.15) is 18.8 Å². The summed E-state index contributed by atoms with van der Waals surface area (Å²) >= 11 is 6.14. The summed E-state index contributed by atoms with van der Waals surface area (Å²) in [6.45, 7) is 2.39. The van der Waals surface area contributed by atoms with Gasteiger partial charge in [-0.15, -0.1) is 0 Å². The molecule has 1 heterocycles. The largest absolute Gasteiger partial charge is 0.486 e. The fraction of sp³-hybridized carbons (Fsp3) is 0.188. The number of nitrogens with one attached hydrogen (secondary N) is 1. The molecule has 2 aromatic carbocycles. The minimum absolute atomic E-state index is 0.0362. The maximum absolute atomic E-state index is 12.5. The summed E-state index contributed by atoms with van der Waals surface area (Å²) in [4.78, 5) is 23.1. The highest BCUT2D eigenvalue weighted by molar-refractivity contribution is 6.34. The quantitative estimate of drug-likeness (QED) is 0.676. The van der Waals surface area contributed by atoms with Gasteiger partial charge in [-0.25, -0.2) is 0 Å². The van der Waals surface area contributed by atoms with E-state index in [9.17, 15) is 14.9 Å². The van der Waals surface area contributed by atoms with Crippen LogP contribution in [0.25, 0.3) is 0 Å². The number of hydrogen-bond donors (Lipinski definition) is 1. The summed E-state index contributed by atoms with van der Waals surface area (Å²) in [5.41, 5.74) is 0.428. The number of benzene rings is 2. The predicted molar refractivity (Wildman–Crippen MR) is 88.2 cm³/mol. The summed E-state index contributed by atoms with van der Waals surface area (Å²) in [6.07, 6.45) is 0. The molecule has 0 unspecified atom stereocenters. The standard InChI is InChI=1S/C16H13ClN2O5/c1-9-3-2-4-10(15(9)19(21)22)16(20)18-12-8-14-13(7-11(12)17)23-5-6-24-14/h2-4,7-8H,5-6H2,1H3,(H,18,20). The monoisotopic (exact) mass is 348 g/mol.